The van der Waals surface area contributed by atoms with Gasteiger partial charge in [-0.2, -0.15) is 0 Å². The number of methoxy groups -OCH3 is 1. The first-order chi connectivity index (χ1) is 12.7. The Bertz CT molecular complexity index is 1180. The van der Waals surface area contributed by atoms with Gasteiger partial charge in [0.2, 0.25) is 6.79 Å². The number of ether oxygens (including phenoxy) is 3. The van der Waals surface area contributed by atoms with Gasteiger partial charge in [0, 0.05) is 27.9 Å². The highest BCUT2D eigenvalue weighted by molar-refractivity contribution is 6.16. The van der Waals surface area contributed by atoms with E-state index in [1.807, 2.05) is 43.5 Å². The third kappa shape index (κ3) is 2.03. The average molecular weight is 347 g/mol. The van der Waals surface area contributed by atoms with Gasteiger partial charge in [0.05, 0.1) is 7.11 Å². The number of fused-ring (bicyclic) bond motifs is 3. The van der Waals surface area contributed by atoms with E-state index in [1.54, 1.807) is 7.11 Å². The molecule has 1 aliphatic rings. The molecule has 0 unspecified atom stereocenters. The smallest absolute Gasteiger partial charge is 0.231 e. The maximum absolute atomic E-state index is 10.3. The summed E-state index contributed by atoms with van der Waals surface area (Å²) in [6.07, 6.45) is 1.82. The molecular weight excluding hydrogens is 330 g/mol. The molecule has 0 saturated heterocycles. The minimum atomic E-state index is 0.157. The van der Waals surface area contributed by atoms with E-state index < -0.39 is 0 Å². The molecule has 0 fully saturated rings. The van der Waals surface area contributed by atoms with Crippen molar-refractivity contribution in [3.05, 3.63) is 48.2 Å². The average Bonchev–Trinajstić information content (AvgIpc) is 3.25. The fourth-order valence-corrected chi connectivity index (χ4v) is 3.74. The molecule has 5 rings (SSSR count). The Hall–Kier alpha value is -3.34. The van der Waals surface area contributed by atoms with Crippen LogP contribution in [0, 0.1) is 6.92 Å². The Morgan fingerprint density at radius 2 is 1.88 bits per heavy atom. The number of aryl methyl sites for hydroxylation is 1. The van der Waals surface area contributed by atoms with Gasteiger partial charge in [0.1, 0.15) is 5.75 Å². The molecule has 1 aliphatic heterocycles. The molecule has 1 aromatic heterocycles. The summed E-state index contributed by atoms with van der Waals surface area (Å²) in [6, 6.07) is 12.0. The fraction of sp³-hybridized carbons (Fsp3) is 0.143. The summed E-state index contributed by atoms with van der Waals surface area (Å²) in [7, 11) is 1.68. The van der Waals surface area contributed by atoms with Crippen LogP contribution in [0.2, 0.25) is 0 Å². The van der Waals surface area contributed by atoms with Gasteiger partial charge in [-0.25, -0.2) is 0 Å². The van der Waals surface area contributed by atoms with Crippen molar-refractivity contribution in [3.63, 3.8) is 0 Å². The van der Waals surface area contributed by atoms with Crippen LogP contribution in [0.1, 0.15) is 5.56 Å². The lowest BCUT2D eigenvalue weighted by Gasteiger charge is -2.14. The standard InChI is InChI=1S/C21H17NO4/c1-11-5-13-7-14-15(9-22-21(14)23)19(20(13)18(6-11)24-2)12-3-4-16-17(8-12)26-10-25-16/h3-9,22-23H,10H2,1-2H3. The summed E-state index contributed by atoms with van der Waals surface area (Å²) in [6.45, 7) is 2.26. The highest BCUT2D eigenvalue weighted by atomic mass is 16.7. The molecule has 4 aromatic rings. The summed E-state index contributed by atoms with van der Waals surface area (Å²) < 4.78 is 16.7. The zero-order valence-corrected chi connectivity index (χ0v) is 14.4. The van der Waals surface area contributed by atoms with Crippen molar-refractivity contribution in [1.82, 2.24) is 4.98 Å². The SMILES string of the molecule is COc1cc(C)cc2cc3c(O)[nH]cc3c(-c3ccc4c(c3)OCO4)c12. The van der Waals surface area contributed by atoms with E-state index in [-0.39, 0.29) is 12.7 Å². The number of benzene rings is 3. The maximum atomic E-state index is 10.3. The molecule has 26 heavy (non-hydrogen) atoms. The first-order valence-corrected chi connectivity index (χ1v) is 8.37. The number of hydrogen-bond donors (Lipinski definition) is 2. The van der Waals surface area contributed by atoms with Crippen LogP contribution < -0.4 is 14.2 Å². The highest BCUT2D eigenvalue weighted by Crippen LogP contribution is 2.45. The van der Waals surface area contributed by atoms with E-state index in [0.717, 1.165) is 55.5 Å². The Morgan fingerprint density at radius 3 is 2.73 bits per heavy atom. The quantitative estimate of drug-likeness (QED) is 0.550. The molecule has 0 spiro atoms. The summed E-state index contributed by atoms with van der Waals surface area (Å²) >= 11 is 0. The monoisotopic (exact) mass is 347 g/mol. The third-order valence-corrected chi connectivity index (χ3v) is 4.88. The summed E-state index contributed by atoms with van der Waals surface area (Å²) in [5.41, 5.74) is 3.07. The van der Waals surface area contributed by atoms with E-state index >= 15 is 0 Å². The summed E-state index contributed by atoms with van der Waals surface area (Å²) in [5.74, 6) is 2.42. The van der Waals surface area contributed by atoms with E-state index in [1.165, 1.54) is 0 Å². The lowest BCUT2D eigenvalue weighted by atomic mass is 9.92. The van der Waals surface area contributed by atoms with Gasteiger partial charge in [-0.1, -0.05) is 12.1 Å². The highest BCUT2D eigenvalue weighted by Gasteiger charge is 2.20. The van der Waals surface area contributed by atoms with Crippen LogP contribution >= 0.6 is 0 Å². The molecule has 0 radical (unpaired) electrons. The Labute approximate surface area is 149 Å². The van der Waals surface area contributed by atoms with Crippen LogP contribution in [0.15, 0.2) is 42.6 Å². The van der Waals surface area contributed by atoms with Gasteiger partial charge < -0.3 is 24.3 Å². The first-order valence-electron chi connectivity index (χ1n) is 8.37. The van der Waals surface area contributed by atoms with Gasteiger partial charge >= 0.3 is 0 Å². The molecule has 5 heteroatoms. The van der Waals surface area contributed by atoms with Gasteiger partial charge in [0.25, 0.3) is 0 Å². The number of aromatic nitrogens is 1. The molecule has 5 nitrogen and oxygen atoms in total. The maximum Gasteiger partial charge on any atom is 0.231 e. The van der Waals surface area contributed by atoms with E-state index in [4.69, 9.17) is 14.2 Å². The summed E-state index contributed by atoms with van der Waals surface area (Å²) in [5, 5.41) is 14.0. The third-order valence-electron chi connectivity index (χ3n) is 4.88. The summed E-state index contributed by atoms with van der Waals surface area (Å²) in [4.78, 5) is 2.92. The van der Waals surface area contributed by atoms with Crippen LogP contribution in [0.25, 0.3) is 32.7 Å². The number of rotatable bonds is 2. The van der Waals surface area contributed by atoms with Crippen molar-refractivity contribution in [2.45, 2.75) is 6.92 Å². The number of aromatic hydroxyl groups is 1. The second-order valence-electron chi connectivity index (χ2n) is 6.48. The molecule has 0 amide bonds. The van der Waals surface area contributed by atoms with Gasteiger partial charge in [-0.05, 0) is 47.7 Å². The van der Waals surface area contributed by atoms with Crippen molar-refractivity contribution >= 4 is 21.5 Å². The number of hydrogen-bond acceptors (Lipinski definition) is 4. The van der Waals surface area contributed by atoms with E-state index in [9.17, 15) is 5.11 Å². The number of nitrogens with one attached hydrogen (secondary N) is 1. The predicted molar refractivity (Wildman–Crippen MR) is 100 cm³/mol. The van der Waals surface area contributed by atoms with Gasteiger partial charge in [0.15, 0.2) is 17.4 Å². The molecular formula is C21H17NO4. The predicted octanol–water partition coefficient (Wildman–Crippen LogP) is 4.74. The lowest BCUT2D eigenvalue weighted by Crippen LogP contribution is -1.93. The van der Waals surface area contributed by atoms with Crippen LogP contribution in [0.4, 0.5) is 0 Å². The molecule has 0 saturated carbocycles. The van der Waals surface area contributed by atoms with Crippen LogP contribution in [-0.2, 0) is 0 Å². The zero-order valence-electron chi connectivity index (χ0n) is 14.4. The number of H-pyrrole nitrogens is 1. The van der Waals surface area contributed by atoms with Gasteiger partial charge in [-0.15, -0.1) is 0 Å². The second kappa shape index (κ2) is 5.33. The first kappa shape index (κ1) is 15.0. The van der Waals surface area contributed by atoms with Crippen molar-refractivity contribution < 1.29 is 19.3 Å². The second-order valence-corrected chi connectivity index (χ2v) is 6.48. The normalized spacial score (nSPS) is 12.8. The lowest BCUT2D eigenvalue weighted by molar-refractivity contribution is 0.174. The molecule has 2 heterocycles. The van der Waals surface area contributed by atoms with E-state index in [0.29, 0.717) is 0 Å². The van der Waals surface area contributed by atoms with Crippen LogP contribution in [0.3, 0.4) is 0 Å². The van der Waals surface area contributed by atoms with Crippen molar-refractivity contribution in [3.8, 4) is 34.3 Å². The topological polar surface area (TPSA) is 63.7 Å². The molecule has 130 valence electrons. The largest absolute Gasteiger partial charge is 0.496 e. The molecule has 3 aromatic carbocycles. The van der Waals surface area contributed by atoms with Crippen molar-refractivity contribution in [2.75, 3.05) is 13.9 Å². The Morgan fingerprint density at radius 1 is 1.04 bits per heavy atom. The molecule has 0 aliphatic carbocycles. The Kier molecular flexibility index (Phi) is 3.06. The zero-order chi connectivity index (χ0) is 17.8. The minimum absolute atomic E-state index is 0.157. The fourth-order valence-electron chi connectivity index (χ4n) is 3.74. The van der Waals surface area contributed by atoms with Gasteiger partial charge in [-0.3, -0.25) is 0 Å². The van der Waals surface area contributed by atoms with Crippen molar-refractivity contribution in [2.24, 2.45) is 0 Å². The molecule has 0 atom stereocenters. The van der Waals surface area contributed by atoms with E-state index in [2.05, 4.69) is 11.1 Å². The van der Waals surface area contributed by atoms with Crippen molar-refractivity contribution in [1.29, 1.82) is 0 Å². The molecule has 2 N–H and O–H groups in total. The minimum Gasteiger partial charge on any atom is -0.496 e. The Balaban J connectivity index is 1.94. The van der Waals surface area contributed by atoms with Crippen LogP contribution in [-0.4, -0.2) is 24.0 Å². The molecule has 0 bridgehead atoms. The van der Waals surface area contributed by atoms with Crippen LogP contribution in [0.5, 0.6) is 23.1 Å². The number of aromatic amines is 1.